The van der Waals surface area contributed by atoms with E-state index in [2.05, 4.69) is 46.1 Å². The van der Waals surface area contributed by atoms with Gasteiger partial charge in [-0.05, 0) is 40.2 Å². The van der Waals surface area contributed by atoms with Gasteiger partial charge in [-0.25, -0.2) is 0 Å². The summed E-state index contributed by atoms with van der Waals surface area (Å²) < 4.78 is 0. The van der Waals surface area contributed by atoms with Gasteiger partial charge in [0.15, 0.2) is 0 Å². The standard InChI is InChI=1S/C14H28N2O/c1-7-9-15(14(17)8-2)10-11-16(12(3)4)13(5)6/h8,12-13H,2,7,9-11H2,1,3-6H3. The van der Waals surface area contributed by atoms with Crippen LogP contribution in [0.3, 0.4) is 0 Å². The summed E-state index contributed by atoms with van der Waals surface area (Å²) in [6.45, 7) is 16.9. The van der Waals surface area contributed by atoms with Crippen molar-refractivity contribution in [3.05, 3.63) is 12.7 Å². The molecule has 0 saturated heterocycles. The predicted octanol–water partition coefficient (Wildman–Crippen LogP) is 2.53. The molecule has 0 fully saturated rings. The lowest BCUT2D eigenvalue weighted by Gasteiger charge is -2.32. The predicted molar refractivity (Wildman–Crippen MR) is 74.0 cm³/mol. The zero-order valence-corrected chi connectivity index (χ0v) is 12.1. The maximum Gasteiger partial charge on any atom is 0.245 e. The Morgan fingerprint density at radius 1 is 1.12 bits per heavy atom. The van der Waals surface area contributed by atoms with Gasteiger partial charge in [-0.3, -0.25) is 9.69 Å². The van der Waals surface area contributed by atoms with Gasteiger partial charge in [-0.2, -0.15) is 0 Å². The number of hydrogen-bond donors (Lipinski definition) is 0. The SMILES string of the molecule is C=CC(=O)N(CCC)CCN(C(C)C)C(C)C. The Morgan fingerprint density at radius 2 is 1.65 bits per heavy atom. The average Bonchev–Trinajstić information content (AvgIpc) is 2.26. The van der Waals surface area contributed by atoms with E-state index in [-0.39, 0.29) is 5.91 Å². The highest BCUT2D eigenvalue weighted by Gasteiger charge is 2.16. The molecule has 0 unspecified atom stereocenters. The van der Waals surface area contributed by atoms with Crippen LogP contribution in [0.2, 0.25) is 0 Å². The normalized spacial score (nSPS) is 11.3. The molecule has 0 aliphatic rings. The fourth-order valence-electron chi connectivity index (χ4n) is 2.08. The quantitative estimate of drug-likeness (QED) is 0.609. The third kappa shape index (κ3) is 5.87. The summed E-state index contributed by atoms with van der Waals surface area (Å²) in [7, 11) is 0. The minimum atomic E-state index is 0.0410. The molecule has 0 spiro atoms. The minimum Gasteiger partial charge on any atom is -0.338 e. The van der Waals surface area contributed by atoms with E-state index in [1.54, 1.807) is 0 Å². The van der Waals surface area contributed by atoms with E-state index >= 15 is 0 Å². The first-order valence-corrected chi connectivity index (χ1v) is 6.61. The third-order valence-corrected chi connectivity index (χ3v) is 2.93. The smallest absolute Gasteiger partial charge is 0.245 e. The van der Waals surface area contributed by atoms with Crippen LogP contribution in [0.5, 0.6) is 0 Å². The van der Waals surface area contributed by atoms with Crippen molar-refractivity contribution in [3.63, 3.8) is 0 Å². The van der Waals surface area contributed by atoms with Crippen LogP contribution in [-0.4, -0.2) is 47.4 Å². The summed E-state index contributed by atoms with van der Waals surface area (Å²) >= 11 is 0. The fraction of sp³-hybridized carbons (Fsp3) is 0.786. The van der Waals surface area contributed by atoms with Crippen LogP contribution in [0, 0.1) is 0 Å². The molecule has 0 heterocycles. The lowest BCUT2D eigenvalue weighted by atomic mass is 10.2. The average molecular weight is 240 g/mol. The van der Waals surface area contributed by atoms with Crippen molar-refractivity contribution in [2.45, 2.75) is 53.1 Å². The van der Waals surface area contributed by atoms with Gasteiger partial charge in [0.05, 0.1) is 0 Å². The molecule has 0 aromatic heterocycles. The van der Waals surface area contributed by atoms with Gasteiger partial charge < -0.3 is 4.90 Å². The molecule has 0 aliphatic carbocycles. The summed E-state index contributed by atoms with van der Waals surface area (Å²) in [4.78, 5) is 15.9. The summed E-state index contributed by atoms with van der Waals surface area (Å²) in [5.74, 6) is 0.0410. The molecule has 17 heavy (non-hydrogen) atoms. The van der Waals surface area contributed by atoms with Crippen molar-refractivity contribution in [2.24, 2.45) is 0 Å². The summed E-state index contributed by atoms with van der Waals surface area (Å²) in [5.41, 5.74) is 0. The van der Waals surface area contributed by atoms with Crippen LogP contribution < -0.4 is 0 Å². The minimum absolute atomic E-state index is 0.0410. The van der Waals surface area contributed by atoms with Crippen molar-refractivity contribution in [3.8, 4) is 0 Å². The molecule has 0 N–H and O–H groups in total. The third-order valence-electron chi connectivity index (χ3n) is 2.93. The second-order valence-corrected chi connectivity index (χ2v) is 4.95. The number of carbonyl (C=O) groups excluding carboxylic acids is 1. The van der Waals surface area contributed by atoms with Gasteiger partial charge >= 0.3 is 0 Å². The van der Waals surface area contributed by atoms with E-state index in [0.29, 0.717) is 12.1 Å². The van der Waals surface area contributed by atoms with Crippen molar-refractivity contribution >= 4 is 5.91 Å². The molecule has 0 aliphatic heterocycles. The number of amides is 1. The molecule has 0 radical (unpaired) electrons. The molecule has 0 aromatic carbocycles. The Hall–Kier alpha value is -0.830. The fourth-order valence-corrected chi connectivity index (χ4v) is 2.08. The molecule has 1 amide bonds. The Kier molecular flexibility index (Phi) is 7.88. The van der Waals surface area contributed by atoms with Crippen LogP contribution in [0.25, 0.3) is 0 Å². The van der Waals surface area contributed by atoms with Gasteiger partial charge in [-0.1, -0.05) is 13.5 Å². The first-order chi connectivity index (χ1) is 7.93. The zero-order chi connectivity index (χ0) is 13.4. The molecule has 0 bridgehead atoms. The highest BCUT2D eigenvalue weighted by molar-refractivity contribution is 5.86. The zero-order valence-electron chi connectivity index (χ0n) is 12.1. The monoisotopic (exact) mass is 240 g/mol. The maximum absolute atomic E-state index is 11.6. The van der Waals surface area contributed by atoms with Crippen LogP contribution in [-0.2, 0) is 4.79 Å². The molecule has 0 saturated carbocycles. The lowest BCUT2D eigenvalue weighted by Crippen LogP contribution is -2.44. The molecular weight excluding hydrogens is 212 g/mol. The van der Waals surface area contributed by atoms with E-state index in [4.69, 9.17) is 0 Å². The Morgan fingerprint density at radius 3 is 2.00 bits per heavy atom. The second-order valence-electron chi connectivity index (χ2n) is 4.95. The number of hydrogen-bond acceptors (Lipinski definition) is 2. The summed E-state index contributed by atoms with van der Waals surface area (Å²) in [5, 5.41) is 0. The van der Waals surface area contributed by atoms with E-state index in [0.717, 1.165) is 26.1 Å². The molecule has 3 nitrogen and oxygen atoms in total. The van der Waals surface area contributed by atoms with Gasteiger partial charge in [0.2, 0.25) is 5.91 Å². The highest BCUT2D eigenvalue weighted by atomic mass is 16.2. The van der Waals surface area contributed by atoms with Gasteiger partial charge in [0, 0.05) is 31.7 Å². The van der Waals surface area contributed by atoms with E-state index in [9.17, 15) is 4.79 Å². The molecule has 3 heteroatoms. The Bertz CT molecular complexity index is 228. The lowest BCUT2D eigenvalue weighted by molar-refractivity contribution is -0.126. The second kappa shape index (κ2) is 8.29. The first-order valence-electron chi connectivity index (χ1n) is 6.61. The van der Waals surface area contributed by atoms with Crippen molar-refractivity contribution < 1.29 is 4.79 Å². The van der Waals surface area contributed by atoms with Gasteiger partial charge in [0.1, 0.15) is 0 Å². The van der Waals surface area contributed by atoms with Gasteiger partial charge in [-0.15, -0.1) is 0 Å². The van der Waals surface area contributed by atoms with Crippen molar-refractivity contribution in [2.75, 3.05) is 19.6 Å². The van der Waals surface area contributed by atoms with E-state index in [1.807, 2.05) is 4.90 Å². The maximum atomic E-state index is 11.6. The largest absolute Gasteiger partial charge is 0.338 e. The summed E-state index contributed by atoms with van der Waals surface area (Å²) in [6.07, 6.45) is 2.40. The number of carbonyl (C=O) groups is 1. The van der Waals surface area contributed by atoms with E-state index in [1.165, 1.54) is 6.08 Å². The van der Waals surface area contributed by atoms with Gasteiger partial charge in [0.25, 0.3) is 0 Å². The van der Waals surface area contributed by atoms with Crippen LogP contribution in [0.4, 0.5) is 0 Å². The van der Waals surface area contributed by atoms with Crippen LogP contribution in [0.15, 0.2) is 12.7 Å². The highest BCUT2D eigenvalue weighted by Crippen LogP contribution is 2.05. The topological polar surface area (TPSA) is 23.6 Å². The van der Waals surface area contributed by atoms with Crippen LogP contribution >= 0.6 is 0 Å². The number of rotatable bonds is 8. The molecule has 0 atom stereocenters. The summed E-state index contributed by atoms with van der Waals surface area (Å²) in [6, 6.07) is 1.02. The van der Waals surface area contributed by atoms with Crippen molar-refractivity contribution in [1.29, 1.82) is 0 Å². The Balaban J connectivity index is 4.36. The van der Waals surface area contributed by atoms with E-state index < -0.39 is 0 Å². The van der Waals surface area contributed by atoms with Crippen molar-refractivity contribution in [1.82, 2.24) is 9.80 Å². The molecule has 0 rings (SSSR count). The first kappa shape index (κ1) is 16.2. The molecule has 0 aromatic rings. The van der Waals surface area contributed by atoms with Crippen LogP contribution in [0.1, 0.15) is 41.0 Å². The number of nitrogens with zero attached hydrogens (tertiary/aromatic N) is 2. The Labute approximate surface area is 106 Å². The molecule has 100 valence electrons. The molecular formula is C14H28N2O.